The van der Waals surface area contributed by atoms with E-state index in [9.17, 15) is 9.18 Å². The quantitative estimate of drug-likeness (QED) is 0.821. The third-order valence-electron chi connectivity index (χ3n) is 3.06. The molecular weight excluding hydrogens is 221 g/mol. The van der Waals surface area contributed by atoms with Gasteiger partial charge in [-0.05, 0) is 37.5 Å². The van der Waals surface area contributed by atoms with Crippen molar-refractivity contribution in [3.8, 4) is 0 Å². The number of rotatable bonds is 3. The van der Waals surface area contributed by atoms with Crippen molar-refractivity contribution in [3.05, 3.63) is 35.1 Å². The molecule has 1 aliphatic rings. The predicted octanol–water partition coefficient (Wildman–Crippen LogP) is 2.74. The molecule has 0 atom stereocenters. The monoisotopic (exact) mass is 237 g/mol. The van der Waals surface area contributed by atoms with Crippen molar-refractivity contribution in [1.29, 1.82) is 0 Å². The Labute approximate surface area is 99.9 Å². The van der Waals surface area contributed by atoms with Crippen LogP contribution in [0.3, 0.4) is 0 Å². The first-order valence-corrected chi connectivity index (χ1v) is 5.89. The van der Waals surface area contributed by atoms with Crippen LogP contribution in [0.4, 0.5) is 4.39 Å². The first-order chi connectivity index (χ1) is 8.16. The van der Waals surface area contributed by atoms with E-state index in [1.165, 1.54) is 12.1 Å². The summed E-state index contributed by atoms with van der Waals surface area (Å²) in [4.78, 5) is 17.1. The van der Waals surface area contributed by atoms with Crippen molar-refractivity contribution in [2.24, 2.45) is 0 Å². The Morgan fingerprint density at radius 1 is 1.41 bits per heavy atom. The minimum Gasteiger partial charge on any atom is -0.270 e. The molecule has 1 amide bonds. The molecular formula is C13H16FNO2. The average Bonchev–Trinajstić information content (AvgIpc) is 2.82. The van der Waals surface area contributed by atoms with Crippen LogP contribution in [0.5, 0.6) is 0 Å². The fraction of sp³-hybridized carbons (Fsp3) is 0.462. The zero-order chi connectivity index (χ0) is 12.3. The summed E-state index contributed by atoms with van der Waals surface area (Å²) < 4.78 is 13.0. The maximum Gasteiger partial charge on any atom is 0.275 e. The number of nitrogens with one attached hydrogen (secondary N) is 1. The molecule has 0 spiro atoms. The van der Waals surface area contributed by atoms with Gasteiger partial charge >= 0.3 is 0 Å². The third-order valence-corrected chi connectivity index (χ3v) is 3.06. The summed E-state index contributed by atoms with van der Waals surface area (Å²) >= 11 is 0. The van der Waals surface area contributed by atoms with Gasteiger partial charge in [0.25, 0.3) is 5.91 Å². The second-order valence-electron chi connectivity index (χ2n) is 4.41. The lowest BCUT2D eigenvalue weighted by atomic mass is 10.1. The lowest BCUT2D eigenvalue weighted by Crippen LogP contribution is -2.28. The lowest BCUT2D eigenvalue weighted by molar-refractivity contribution is -0.0125. The summed E-state index contributed by atoms with van der Waals surface area (Å²) in [5.74, 6) is -0.796. The Hall–Kier alpha value is -1.42. The van der Waals surface area contributed by atoms with E-state index in [1.54, 1.807) is 13.0 Å². The maximum absolute atomic E-state index is 13.0. The molecule has 2 rings (SSSR count). The molecule has 1 N–H and O–H groups in total. The van der Waals surface area contributed by atoms with Gasteiger partial charge in [0.05, 0.1) is 6.10 Å². The molecule has 3 nitrogen and oxygen atoms in total. The van der Waals surface area contributed by atoms with Crippen molar-refractivity contribution < 1.29 is 14.0 Å². The predicted molar refractivity (Wildman–Crippen MR) is 61.9 cm³/mol. The van der Waals surface area contributed by atoms with Crippen LogP contribution in [-0.4, -0.2) is 12.0 Å². The molecule has 1 aliphatic carbocycles. The van der Waals surface area contributed by atoms with E-state index in [0.717, 1.165) is 31.2 Å². The molecule has 0 aromatic heterocycles. The second kappa shape index (κ2) is 5.27. The molecule has 0 heterocycles. The molecule has 1 aromatic carbocycles. The summed E-state index contributed by atoms with van der Waals surface area (Å²) in [6.45, 7) is 1.77. The Morgan fingerprint density at radius 3 is 2.82 bits per heavy atom. The summed E-state index contributed by atoms with van der Waals surface area (Å²) in [6, 6.07) is 4.15. The minimum atomic E-state index is -0.415. The minimum absolute atomic E-state index is 0.104. The van der Waals surface area contributed by atoms with E-state index in [0.29, 0.717) is 5.56 Å². The summed E-state index contributed by atoms with van der Waals surface area (Å²) in [5.41, 5.74) is 3.46. The molecule has 1 aromatic rings. The van der Waals surface area contributed by atoms with Gasteiger partial charge in [0.15, 0.2) is 0 Å². The van der Waals surface area contributed by atoms with Crippen molar-refractivity contribution in [2.45, 2.75) is 38.7 Å². The highest BCUT2D eigenvalue weighted by atomic mass is 19.1. The van der Waals surface area contributed by atoms with Crippen LogP contribution in [-0.2, 0) is 4.84 Å². The number of hydrogen-bond acceptors (Lipinski definition) is 2. The highest BCUT2D eigenvalue weighted by molar-refractivity contribution is 5.94. The van der Waals surface area contributed by atoms with Crippen molar-refractivity contribution in [3.63, 3.8) is 0 Å². The highest BCUT2D eigenvalue weighted by Gasteiger charge is 2.18. The molecule has 0 bridgehead atoms. The zero-order valence-electron chi connectivity index (χ0n) is 9.83. The van der Waals surface area contributed by atoms with E-state index in [1.807, 2.05) is 0 Å². The molecule has 4 heteroatoms. The van der Waals surface area contributed by atoms with E-state index >= 15 is 0 Å². The zero-order valence-corrected chi connectivity index (χ0v) is 9.83. The van der Waals surface area contributed by atoms with E-state index in [4.69, 9.17) is 4.84 Å². The van der Waals surface area contributed by atoms with Crippen molar-refractivity contribution >= 4 is 5.91 Å². The second-order valence-corrected chi connectivity index (χ2v) is 4.41. The normalized spacial score (nSPS) is 16.1. The smallest absolute Gasteiger partial charge is 0.270 e. The summed E-state index contributed by atoms with van der Waals surface area (Å²) in [5, 5.41) is 0. The van der Waals surface area contributed by atoms with E-state index in [-0.39, 0.29) is 12.0 Å². The van der Waals surface area contributed by atoms with Crippen molar-refractivity contribution in [1.82, 2.24) is 5.48 Å². The van der Waals surface area contributed by atoms with Gasteiger partial charge in [-0.15, -0.1) is 0 Å². The lowest BCUT2D eigenvalue weighted by Gasteiger charge is -2.12. The van der Waals surface area contributed by atoms with E-state index in [2.05, 4.69) is 5.48 Å². The fourth-order valence-corrected chi connectivity index (χ4v) is 2.04. The number of hydroxylamine groups is 1. The van der Waals surface area contributed by atoms with Gasteiger partial charge < -0.3 is 0 Å². The number of carbonyl (C=O) groups excluding carboxylic acids is 1. The number of halogens is 1. The van der Waals surface area contributed by atoms with Crippen LogP contribution < -0.4 is 5.48 Å². The molecule has 92 valence electrons. The third kappa shape index (κ3) is 3.03. The number of hydrogen-bond donors (Lipinski definition) is 1. The number of benzene rings is 1. The van der Waals surface area contributed by atoms with Gasteiger partial charge in [-0.25, -0.2) is 9.87 Å². The Bertz CT molecular complexity index is 414. The number of carbonyl (C=O) groups is 1. The highest BCUT2D eigenvalue weighted by Crippen LogP contribution is 2.20. The average molecular weight is 237 g/mol. The molecule has 17 heavy (non-hydrogen) atoms. The Balaban J connectivity index is 1.96. The van der Waals surface area contributed by atoms with Crippen LogP contribution >= 0.6 is 0 Å². The Kier molecular flexibility index (Phi) is 3.74. The molecule has 0 radical (unpaired) electrons. The van der Waals surface area contributed by atoms with Gasteiger partial charge in [0.2, 0.25) is 0 Å². The van der Waals surface area contributed by atoms with Gasteiger partial charge in [-0.1, -0.05) is 18.9 Å². The standard InChI is InChI=1S/C13H16FNO2/c1-9-6-7-10(14)8-12(9)13(16)15-17-11-4-2-3-5-11/h6-8,11H,2-5H2,1H3,(H,15,16). The van der Waals surface area contributed by atoms with E-state index < -0.39 is 5.82 Å². The van der Waals surface area contributed by atoms with Crippen LogP contribution in [0, 0.1) is 12.7 Å². The molecule has 0 saturated heterocycles. The molecule has 0 aliphatic heterocycles. The Morgan fingerprint density at radius 2 is 2.12 bits per heavy atom. The molecule has 1 fully saturated rings. The molecule has 1 saturated carbocycles. The SMILES string of the molecule is Cc1ccc(F)cc1C(=O)NOC1CCCC1. The van der Waals surface area contributed by atoms with Crippen LogP contribution in [0.2, 0.25) is 0 Å². The van der Waals surface area contributed by atoms with Gasteiger partial charge in [-0.3, -0.25) is 9.63 Å². The first kappa shape index (κ1) is 12.0. The van der Waals surface area contributed by atoms with Crippen molar-refractivity contribution in [2.75, 3.05) is 0 Å². The van der Waals surface area contributed by atoms with Crippen LogP contribution in [0.25, 0.3) is 0 Å². The maximum atomic E-state index is 13.0. The van der Waals surface area contributed by atoms with Gasteiger partial charge in [-0.2, -0.15) is 0 Å². The summed E-state index contributed by atoms with van der Waals surface area (Å²) in [7, 11) is 0. The number of aryl methyl sites for hydroxylation is 1. The summed E-state index contributed by atoms with van der Waals surface area (Å²) in [6.07, 6.45) is 4.33. The first-order valence-electron chi connectivity index (χ1n) is 5.89. The topological polar surface area (TPSA) is 38.3 Å². The van der Waals surface area contributed by atoms with Crippen LogP contribution in [0.15, 0.2) is 18.2 Å². The fourth-order valence-electron chi connectivity index (χ4n) is 2.04. The largest absolute Gasteiger partial charge is 0.275 e. The number of amides is 1. The van der Waals surface area contributed by atoms with Gasteiger partial charge in [0, 0.05) is 5.56 Å². The van der Waals surface area contributed by atoms with Crippen LogP contribution in [0.1, 0.15) is 41.6 Å². The van der Waals surface area contributed by atoms with Gasteiger partial charge in [0.1, 0.15) is 5.82 Å². The molecule has 0 unspecified atom stereocenters.